The molecule has 1 heterocycles. The van der Waals surface area contributed by atoms with Gasteiger partial charge in [0, 0.05) is 17.7 Å². The third kappa shape index (κ3) is 5.19. The topological polar surface area (TPSA) is 45.6 Å². The first-order valence-corrected chi connectivity index (χ1v) is 8.66. The number of halogens is 3. The van der Waals surface area contributed by atoms with E-state index in [-0.39, 0.29) is 11.8 Å². The van der Waals surface area contributed by atoms with Crippen LogP contribution in [-0.4, -0.2) is 28.6 Å². The highest BCUT2D eigenvalue weighted by Crippen LogP contribution is 2.31. The Morgan fingerprint density at radius 3 is 2.44 bits per heavy atom. The quantitative estimate of drug-likeness (QED) is 0.344. The predicted molar refractivity (Wildman–Crippen MR) is 85.4 cm³/mol. The SMILES string of the molecule is O/[N+](=C\c1ccc(Sc2ccc(OC(F)(F)F)cc2)o1)C1CCCC1. The average molecular weight is 372 g/mol. The summed E-state index contributed by atoms with van der Waals surface area (Å²) in [5.74, 6) is 0.256. The Hall–Kier alpha value is -2.09. The lowest BCUT2D eigenvalue weighted by Gasteiger charge is -2.08. The summed E-state index contributed by atoms with van der Waals surface area (Å²) >= 11 is 1.27. The Bertz CT molecular complexity index is 734. The summed E-state index contributed by atoms with van der Waals surface area (Å²) < 4.78 is 47.1. The number of furan rings is 1. The van der Waals surface area contributed by atoms with Crippen molar-refractivity contribution >= 4 is 18.0 Å². The maximum atomic E-state index is 12.1. The summed E-state index contributed by atoms with van der Waals surface area (Å²) in [5.41, 5.74) is 0. The highest BCUT2D eigenvalue weighted by Gasteiger charge is 2.31. The minimum Gasteiger partial charge on any atom is -0.444 e. The number of hydrogen-bond acceptors (Lipinski definition) is 4. The molecule has 1 aromatic carbocycles. The first-order chi connectivity index (χ1) is 11.9. The van der Waals surface area contributed by atoms with Crippen LogP contribution in [0.5, 0.6) is 5.75 Å². The molecule has 2 aromatic rings. The number of rotatable bonds is 5. The van der Waals surface area contributed by atoms with Crippen LogP contribution in [0.3, 0.4) is 0 Å². The van der Waals surface area contributed by atoms with Gasteiger partial charge in [-0.05, 0) is 54.0 Å². The summed E-state index contributed by atoms with van der Waals surface area (Å²) in [6.07, 6.45) is 1.01. The molecule has 0 radical (unpaired) electrons. The van der Waals surface area contributed by atoms with Crippen molar-refractivity contribution in [2.24, 2.45) is 0 Å². The third-order valence-electron chi connectivity index (χ3n) is 3.84. The Labute approximate surface area is 146 Å². The van der Waals surface area contributed by atoms with Crippen molar-refractivity contribution in [1.29, 1.82) is 0 Å². The molecule has 0 spiro atoms. The number of hydrogen-bond donors (Lipinski definition) is 1. The van der Waals surface area contributed by atoms with E-state index in [2.05, 4.69) is 4.74 Å². The lowest BCUT2D eigenvalue weighted by atomic mass is 10.3. The Morgan fingerprint density at radius 1 is 1.12 bits per heavy atom. The first-order valence-electron chi connectivity index (χ1n) is 7.85. The normalized spacial score (nSPS) is 16.4. The van der Waals surface area contributed by atoms with Crippen molar-refractivity contribution in [3.63, 3.8) is 0 Å². The van der Waals surface area contributed by atoms with Gasteiger partial charge in [0.25, 0.3) is 6.21 Å². The third-order valence-corrected chi connectivity index (χ3v) is 4.76. The zero-order valence-corrected chi connectivity index (χ0v) is 14.0. The Balaban J connectivity index is 1.62. The minimum absolute atomic E-state index is 0.127. The minimum atomic E-state index is -4.70. The highest BCUT2D eigenvalue weighted by atomic mass is 32.2. The lowest BCUT2D eigenvalue weighted by molar-refractivity contribution is -0.795. The maximum Gasteiger partial charge on any atom is 0.573 e. The molecule has 1 fully saturated rings. The summed E-state index contributed by atoms with van der Waals surface area (Å²) in [5, 5.41) is 10.6. The fourth-order valence-corrected chi connectivity index (χ4v) is 3.47. The summed E-state index contributed by atoms with van der Waals surface area (Å²) in [6, 6.07) is 9.16. The van der Waals surface area contributed by atoms with Crippen molar-refractivity contribution in [2.75, 3.05) is 0 Å². The van der Waals surface area contributed by atoms with E-state index in [4.69, 9.17) is 4.42 Å². The zero-order valence-electron chi connectivity index (χ0n) is 13.2. The molecule has 25 heavy (non-hydrogen) atoms. The second-order valence-corrected chi connectivity index (χ2v) is 6.80. The van der Waals surface area contributed by atoms with Gasteiger partial charge in [-0.15, -0.1) is 13.2 Å². The van der Waals surface area contributed by atoms with Crippen LogP contribution in [0.1, 0.15) is 31.4 Å². The van der Waals surface area contributed by atoms with E-state index in [0.29, 0.717) is 15.7 Å². The monoisotopic (exact) mass is 372 g/mol. The number of ether oxygens (including phenoxy) is 1. The van der Waals surface area contributed by atoms with Crippen LogP contribution in [-0.2, 0) is 0 Å². The van der Waals surface area contributed by atoms with Crippen molar-refractivity contribution in [3.8, 4) is 5.75 Å². The predicted octanol–water partition coefficient (Wildman–Crippen LogP) is 5.09. The van der Waals surface area contributed by atoms with Gasteiger partial charge < -0.3 is 9.15 Å². The van der Waals surface area contributed by atoms with Crippen LogP contribution in [0, 0.1) is 0 Å². The molecule has 1 aromatic heterocycles. The molecule has 3 rings (SSSR count). The molecule has 4 nitrogen and oxygen atoms in total. The number of nitrogens with zero attached hydrogens (tertiary/aromatic N) is 1. The molecule has 1 N–H and O–H groups in total. The van der Waals surface area contributed by atoms with Crippen LogP contribution in [0.15, 0.2) is 50.8 Å². The molecular formula is C17H17F3NO3S+. The molecular weight excluding hydrogens is 355 g/mol. The summed E-state index contributed by atoms with van der Waals surface area (Å²) in [4.78, 5) is 0.715. The van der Waals surface area contributed by atoms with Crippen molar-refractivity contribution in [1.82, 2.24) is 0 Å². The lowest BCUT2D eigenvalue weighted by Crippen LogP contribution is -2.21. The zero-order chi connectivity index (χ0) is 17.9. The standard InChI is InChI=1S/C17H17F3NO3S/c18-17(19,20)24-13-5-8-15(9-6-13)25-16-10-7-14(23-16)11-21(22)12-3-1-2-4-12/h5-12,22H,1-4H2/q+1/b21-11-. The second-order valence-electron chi connectivity index (χ2n) is 5.73. The van der Waals surface area contributed by atoms with E-state index in [1.807, 2.05) is 0 Å². The second kappa shape index (κ2) is 7.43. The van der Waals surface area contributed by atoms with Gasteiger partial charge in [-0.25, -0.2) is 0 Å². The molecule has 1 aliphatic rings. The van der Waals surface area contributed by atoms with E-state index < -0.39 is 6.36 Å². The Kier molecular flexibility index (Phi) is 5.27. The average Bonchev–Trinajstić information content (AvgIpc) is 3.20. The molecule has 0 amide bonds. The summed E-state index contributed by atoms with van der Waals surface area (Å²) in [7, 11) is 0. The first kappa shape index (κ1) is 17.7. The van der Waals surface area contributed by atoms with Gasteiger partial charge in [0.15, 0.2) is 10.9 Å². The number of benzene rings is 1. The molecule has 0 atom stereocenters. The van der Waals surface area contributed by atoms with Gasteiger partial charge in [-0.3, -0.25) is 5.21 Å². The molecule has 8 heteroatoms. The Morgan fingerprint density at radius 2 is 1.80 bits per heavy atom. The van der Waals surface area contributed by atoms with Crippen LogP contribution < -0.4 is 4.74 Å². The molecule has 1 saturated carbocycles. The van der Waals surface area contributed by atoms with E-state index in [0.717, 1.165) is 25.7 Å². The van der Waals surface area contributed by atoms with Crippen LogP contribution >= 0.6 is 11.8 Å². The van der Waals surface area contributed by atoms with Gasteiger partial charge >= 0.3 is 6.36 Å². The van der Waals surface area contributed by atoms with E-state index in [1.165, 1.54) is 40.8 Å². The maximum absolute atomic E-state index is 12.1. The molecule has 0 aliphatic heterocycles. The van der Waals surface area contributed by atoms with Crippen molar-refractivity contribution in [3.05, 3.63) is 42.2 Å². The van der Waals surface area contributed by atoms with Gasteiger partial charge in [-0.2, -0.15) is 0 Å². The molecule has 134 valence electrons. The van der Waals surface area contributed by atoms with Crippen molar-refractivity contribution < 1.29 is 32.3 Å². The molecule has 0 unspecified atom stereocenters. The number of alkyl halides is 3. The fraction of sp³-hybridized carbons (Fsp3) is 0.353. The van der Waals surface area contributed by atoms with Crippen LogP contribution in [0.25, 0.3) is 0 Å². The summed E-state index contributed by atoms with van der Waals surface area (Å²) in [6.45, 7) is 0. The van der Waals surface area contributed by atoms with E-state index >= 15 is 0 Å². The highest BCUT2D eigenvalue weighted by molar-refractivity contribution is 7.99. The molecule has 1 aliphatic carbocycles. The molecule has 0 bridgehead atoms. The largest absolute Gasteiger partial charge is 0.573 e. The van der Waals surface area contributed by atoms with Crippen molar-refractivity contribution in [2.45, 2.75) is 48.1 Å². The smallest absolute Gasteiger partial charge is 0.444 e. The van der Waals surface area contributed by atoms with Gasteiger partial charge in [0.2, 0.25) is 6.04 Å². The van der Waals surface area contributed by atoms with Crippen LogP contribution in [0.2, 0.25) is 0 Å². The van der Waals surface area contributed by atoms with Gasteiger partial charge in [0.1, 0.15) is 5.75 Å². The van der Waals surface area contributed by atoms with Crippen LogP contribution in [0.4, 0.5) is 13.2 Å². The van der Waals surface area contributed by atoms with Gasteiger partial charge in [-0.1, -0.05) is 11.8 Å². The van der Waals surface area contributed by atoms with E-state index in [9.17, 15) is 18.4 Å². The fourth-order valence-electron chi connectivity index (χ4n) is 2.69. The number of hydroxylamine groups is 1. The van der Waals surface area contributed by atoms with E-state index in [1.54, 1.807) is 18.3 Å². The van der Waals surface area contributed by atoms with Gasteiger partial charge in [0.05, 0.1) is 0 Å². The molecule has 0 saturated heterocycles.